The van der Waals surface area contributed by atoms with Crippen LogP contribution >= 0.6 is 15.9 Å². The normalized spacial score (nSPS) is 13.4. The molecule has 108 valence electrons. The van der Waals surface area contributed by atoms with Crippen molar-refractivity contribution in [1.82, 2.24) is 4.72 Å². The lowest BCUT2D eigenvalue weighted by atomic mass is 10.4. The van der Waals surface area contributed by atoms with E-state index in [4.69, 9.17) is 14.3 Å². The molecule has 0 saturated heterocycles. The number of carboxylic acids is 1. The molecule has 0 fully saturated rings. The number of rotatable bonds is 7. The van der Waals surface area contributed by atoms with E-state index in [0.717, 1.165) is 6.07 Å². The van der Waals surface area contributed by atoms with E-state index < -0.39 is 21.8 Å². The van der Waals surface area contributed by atoms with Gasteiger partial charge in [0.2, 0.25) is 15.8 Å². The predicted molar refractivity (Wildman–Crippen MR) is 69.6 cm³/mol. The minimum atomic E-state index is -3.85. The topological polar surface area (TPSA) is 106 Å². The number of sulfonamides is 1. The average molecular weight is 356 g/mol. The predicted octanol–water partition coefficient (Wildman–Crippen LogP) is 1.44. The van der Waals surface area contributed by atoms with Gasteiger partial charge in [-0.05, 0) is 29.8 Å². The first kappa shape index (κ1) is 16.2. The van der Waals surface area contributed by atoms with Gasteiger partial charge in [0.25, 0.3) is 0 Å². The summed E-state index contributed by atoms with van der Waals surface area (Å²) >= 11 is 2.88. The Bertz CT molecular complexity index is 552. The van der Waals surface area contributed by atoms with Gasteiger partial charge in [-0.25, -0.2) is 17.9 Å². The third kappa shape index (κ3) is 4.30. The molecule has 0 spiro atoms. The molecule has 0 aliphatic heterocycles. The van der Waals surface area contributed by atoms with E-state index in [1.54, 1.807) is 13.8 Å². The molecule has 7 nitrogen and oxygen atoms in total. The number of hydrogen-bond donors (Lipinski definition) is 2. The lowest BCUT2D eigenvalue weighted by Crippen LogP contribution is -2.32. The Labute approximate surface area is 119 Å². The summed E-state index contributed by atoms with van der Waals surface area (Å²) in [7, 11) is -3.85. The highest BCUT2D eigenvalue weighted by atomic mass is 79.9. The second kappa shape index (κ2) is 6.51. The molecule has 1 rings (SSSR count). The summed E-state index contributed by atoms with van der Waals surface area (Å²) in [6.45, 7) is 4.08. The van der Waals surface area contributed by atoms with Gasteiger partial charge in [-0.2, -0.15) is 0 Å². The number of ether oxygens (including phenoxy) is 1. The third-order valence-electron chi connectivity index (χ3n) is 2.17. The fourth-order valence-corrected chi connectivity index (χ4v) is 3.34. The average Bonchev–Trinajstić information content (AvgIpc) is 2.70. The van der Waals surface area contributed by atoms with Gasteiger partial charge < -0.3 is 14.3 Å². The van der Waals surface area contributed by atoms with Crippen molar-refractivity contribution >= 4 is 31.9 Å². The van der Waals surface area contributed by atoms with Crippen LogP contribution in [0.1, 0.15) is 24.4 Å². The van der Waals surface area contributed by atoms with E-state index in [1.807, 2.05) is 0 Å². The lowest BCUT2D eigenvalue weighted by Gasteiger charge is -2.12. The van der Waals surface area contributed by atoms with Gasteiger partial charge in [0.1, 0.15) is 4.90 Å². The van der Waals surface area contributed by atoms with E-state index >= 15 is 0 Å². The Morgan fingerprint density at radius 2 is 2.26 bits per heavy atom. The molecule has 19 heavy (non-hydrogen) atoms. The molecule has 0 saturated carbocycles. The molecule has 0 aliphatic rings. The summed E-state index contributed by atoms with van der Waals surface area (Å²) in [5, 5.41) is 8.73. The number of nitrogens with one attached hydrogen (secondary N) is 1. The molecule has 1 unspecified atom stereocenters. The summed E-state index contributed by atoms with van der Waals surface area (Å²) < 4.78 is 36.0. The van der Waals surface area contributed by atoms with Crippen molar-refractivity contribution in [2.24, 2.45) is 0 Å². The van der Waals surface area contributed by atoms with Crippen LogP contribution in [-0.2, 0) is 14.8 Å². The molecule has 0 amide bonds. The molecular formula is C10H14BrNO6S. The smallest absolute Gasteiger partial charge is 0.371 e. The number of carbonyl (C=O) groups is 1. The Kier molecular flexibility index (Phi) is 5.53. The van der Waals surface area contributed by atoms with Gasteiger partial charge in [0, 0.05) is 19.2 Å². The largest absolute Gasteiger partial charge is 0.475 e. The molecule has 1 aromatic rings. The number of halogens is 1. The van der Waals surface area contributed by atoms with Gasteiger partial charge in [-0.1, -0.05) is 0 Å². The van der Waals surface area contributed by atoms with Crippen LogP contribution in [0.15, 0.2) is 20.0 Å². The van der Waals surface area contributed by atoms with E-state index in [0.29, 0.717) is 6.61 Å². The summed E-state index contributed by atoms with van der Waals surface area (Å²) in [6, 6.07) is 0.945. The summed E-state index contributed by atoms with van der Waals surface area (Å²) in [4.78, 5) is 10.4. The molecule has 1 heterocycles. The van der Waals surface area contributed by atoms with Crippen molar-refractivity contribution in [1.29, 1.82) is 0 Å². The van der Waals surface area contributed by atoms with Gasteiger partial charge in [0.15, 0.2) is 4.67 Å². The molecular weight excluding hydrogens is 342 g/mol. The van der Waals surface area contributed by atoms with Crippen LogP contribution < -0.4 is 4.72 Å². The molecule has 1 atom stereocenters. The van der Waals surface area contributed by atoms with Gasteiger partial charge in [-0.15, -0.1) is 0 Å². The number of furan rings is 1. The molecule has 0 aliphatic carbocycles. The molecule has 1 aromatic heterocycles. The van der Waals surface area contributed by atoms with Crippen LogP contribution in [0.2, 0.25) is 0 Å². The molecule has 0 aromatic carbocycles. The van der Waals surface area contributed by atoms with Crippen molar-refractivity contribution in [2.45, 2.75) is 24.8 Å². The van der Waals surface area contributed by atoms with Gasteiger partial charge in [-0.3, -0.25) is 0 Å². The van der Waals surface area contributed by atoms with Crippen molar-refractivity contribution in [2.75, 3.05) is 13.2 Å². The number of aromatic carboxylic acids is 1. The standard InChI is InChI=1S/C10H14BrNO6S/c1-3-17-6(2)5-12-19(15,16)8-4-7(10(13)14)18-9(8)11/h4,6,12H,3,5H2,1-2H3,(H,13,14). The maximum atomic E-state index is 11.9. The molecule has 2 N–H and O–H groups in total. The second-order valence-electron chi connectivity index (χ2n) is 3.67. The van der Waals surface area contributed by atoms with Gasteiger partial charge in [0.05, 0.1) is 6.10 Å². The quantitative estimate of drug-likeness (QED) is 0.766. The highest BCUT2D eigenvalue weighted by Crippen LogP contribution is 2.25. The van der Waals surface area contributed by atoms with Crippen LogP contribution in [0.25, 0.3) is 0 Å². The highest BCUT2D eigenvalue weighted by molar-refractivity contribution is 9.10. The Balaban J connectivity index is 2.86. The van der Waals surface area contributed by atoms with Crippen molar-refractivity contribution in [3.63, 3.8) is 0 Å². The van der Waals surface area contributed by atoms with Crippen molar-refractivity contribution in [3.05, 3.63) is 16.5 Å². The lowest BCUT2D eigenvalue weighted by molar-refractivity contribution is 0.0661. The van der Waals surface area contributed by atoms with Crippen molar-refractivity contribution in [3.8, 4) is 0 Å². The van der Waals surface area contributed by atoms with Crippen molar-refractivity contribution < 1.29 is 27.5 Å². The molecule has 0 bridgehead atoms. The minimum Gasteiger partial charge on any atom is -0.475 e. The number of carboxylic acid groups (broad SMARTS) is 1. The Morgan fingerprint density at radius 3 is 2.74 bits per heavy atom. The third-order valence-corrected chi connectivity index (χ3v) is 4.45. The first-order chi connectivity index (χ1) is 8.77. The van der Waals surface area contributed by atoms with Crippen LogP contribution in [0, 0.1) is 0 Å². The first-order valence-electron chi connectivity index (χ1n) is 5.41. The Hall–Kier alpha value is -0.900. The molecule has 0 radical (unpaired) electrons. The monoisotopic (exact) mass is 355 g/mol. The maximum Gasteiger partial charge on any atom is 0.371 e. The highest BCUT2D eigenvalue weighted by Gasteiger charge is 2.25. The zero-order valence-electron chi connectivity index (χ0n) is 10.3. The molecule has 9 heteroatoms. The van der Waals surface area contributed by atoms with Crippen LogP contribution in [-0.4, -0.2) is 38.7 Å². The maximum absolute atomic E-state index is 11.9. The fraction of sp³-hybridized carbons (Fsp3) is 0.500. The van der Waals surface area contributed by atoms with Gasteiger partial charge >= 0.3 is 5.97 Å². The second-order valence-corrected chi connectivity index (χ2v) is 6.13. The summed E-state index contributed by atoms with van der Waals surface area (Å²) in [5.41, 5.74) is 0. The number of hydrogen-bond acceptors (Lipinski definition) is 5. The Morgan fingerprint density at radius 1 is 1.63 bits per heavy atom. The van der Waals surface area contributed by atoms with E-state index in [-0.39, 0.29) is 22.2 Å². The zero-order chi connectivity index (χ0) is 14.6. The fourth-order valence-electron chi connectivity index (χ4n) is 1.29. The minimum absolute atomic E-state index is 0.0796. The SMILES string of the molecule is CCOC(C)CNS(=O)(=O)c1cc(C(=O)O)oc1Br. The van der Waals surface area contributed by atoms with Crippen LogP contribution in [0.3, 0.4) is 0 Å². The van der Waals surface area contributed by atoms with Crippen LogP contribution in [0.5, 0.6) is 0 Å². The zero-order valence-corrected chi connectivity index (χ0v) is 12.7. The van der Waals surface area contributed by atoms with E-state index in [1.165, 1.54) is 0 Å². The van der Waals surface area contributed by atoms with E-state index in [2.05, 4.69) is 20.7 Å². The van der Waals surface area contributed by atoms with E-state index in [9.17, 15) is 13.2 Å². The van der Waals surface area contributed by atoms with Crippen LogP contribution in [0.4, 0.5) is 0 Å². The summed E-state index contributed by atoms with van der Waals surface area (Å²) in [5.74, 6) is -1.80. The summed E-state index contributed by atoms with van der Waals surface area (Å²) in [6.07, 6.45) is -0.288. The first-order valence-corrected chi connectivity index (χ1v) is 7.69.